The summed E-state index contributed by atoms with van der Waals surface area (Å²) in [6.07, 6.45) is 4.11. The molecule has 1 unspecified atom stereocenters. The van der Waals surface area contributed by atoms with E-state index in [-0.39, 0.29) is 11.7 Å². The van der Waals surface area contributed by atoms with Crippen LogP contribution in [0.3, 0.4) is 0 Å². The molecule has 0 aliphatic heterocycles. The molecule has 1 aromatic rings. The molecule has 2 N–H and O–H groups in total. The Labute approximate surface area is 77.8 Å². The number of rotatable bonds is 4. The van der Waals surface area contributed by atoms with Crippen LogP contribution < -0.4 is 5.73 Å². The van der Waals surface area contributed by atoms with Gasteiger partial charge in [0.25, 0.3) is 0 Å². The normalized spacial score (nSPS) is 12.8. The number of ketones is 1. The van der Waals surface area contributed by atoms with Crippen LogP contribution in [-0.2, 0) is 7.05 Å². The number of Topliss-reactive ketones (excluding diaryl/α,β-unsaturated/α-hetero) is 1. The van der Waals surface area contributed by atoms with Crippen molar-refractivity contribution in [3.63, 3.8) is 0 Å². The average Bonchev–Trinajstić information content (AvgIpc) is 2.50. The Morgan fingerprint density at radius 1 is 1.77 bits per heavy atom. The van der Waals surface area contributed by atoms with Gasteiger partial charge in [-0.2, -0.15) is 0 Å². The maximum absolute atomic E-state index is 11.7. The highest BCUT2D eigenvalue weighted by Crippen LogP contribution is 2.08. The van der Waals surface area contributed by atoms with Crippen LogP contribution in [0.2, 0.25) is 0 Å². The van der Waals surface area contributed by atoms with Gasteiger partial charge in [0.15, 0.2) is 5.82 Å². The highest BCUT2D eigenvalue weighted by atomic mass is 16.1. The van der Waals surface area contributed by atoms with Crippen molar-refractivity contribution in [1.82, 2.24) is 9.55 Å². The highest BCUT2D eigenvalue weighted by Gasteiger charge is 2.17. The first-order valence-electron chi connectivity index (χ1n) is 4.38. The summed E-state index contributed by atoms with van der Waals surface area (Å²) in [4.78, 5) is 15.7. The van der Waals surface area contributed by atoms with E-state index in [4.69, 9.17) is 5.73 Å². The zero-order chi connectivity index (χ0) is 9.84. The molecule has 1 atom stereocenters. The van der Waals surface area contributed by atoms with Gasteiger partial charge in [0, 0.05) is 25.4 Å². The zero-order valence-corrected chi connectivity index (χ0v) is 8.03. The Bertz CT molecular complexity index is 293. The van der Waals surface area contributed by atoms with E-state index < -0.39 is 0 Å². The lowest BCUT2D eigenvalue weighted by Crippen LogP contribution is -2.18. The fraction of sp³-hybridized carbons (Fsp3) is 0.556. The number of aromatic nitrogens is 2. The van der Waals surface area contributed by atoms with Gasteiger partial charge < -0.3 is 10.3 Å². The Kier molecular flexibility index (Phi) is 3.19. The second-order valence-electron chi connectivity index (χ2n) is 3.20. The van der Waals surface area contributed by atoms with Gasteiger partial charge in [-0.25, -0.2) is 4.98 Å². The molecule has 0 aromatic carbocycles. The molecular formula is C9H15N3O. The first kappa shape index (κ1) is 9.92. The summed E-state index contributed by atoms with van der Waals surface area (Å²) < 4.78 is 1.73. The summed E-state index contributed by atoms with van der Waals surface area (Å²) in [6.45, 7) is 2.42. The molecule has 4 nitrogen and oxygen atoms in total. The van der Waals surface area contributed by atoms with Crippen molar-refractivity contribution in [2.45, 2.75) is 13.3 Å². The number of aryl methyl sites for hydroxylation is 1. The van der Waals surface area contributed by atoms with Gasteiger partial charge in [0.1, 0.15) is 0 Å². The third kappa shape index (κ3) is 2.15. The summed E-state index contributed by atoms with van der Waals surface area (Å²) in [6, 6.07) is 0. The molecule has 1 heterocycles. The number of carbonyl (C=O) groups is 1. The van der Waals surface area contributed by atoms with E-state index in [2.05, 4.69) is 4.98 Å². The predicted molar refractivity (Wildman–Crippen MR) is 50.4 cm³/mol. The first-order valence-corrected chi connectivity index (χ1v) is 4.38. The summed E-state index contributed by atoms with van der Waals surface area (Å²) in [5.41, 5.74) is 5.38. The maximum Gasteiger partial charge on any atom is 0.201 e. The molecule has 0 bridgehead atoms. The van der Waals surface area contributed by atoms with E-state index in [1.165, 1.54) is 0 Å². The smallest absolute Gasteiger partial charge is 0.201 e. The Morgan fingerprint density at radius 2 is 2.46 bits per heavy atom. The Balaban J connectivity index is 2.73. The van der Waals surface area contributed by atoms with Gasteiger partial charge in [-0.05, 0) is 13.0 Å². The lowest BCUT2D eigenvalue weighted by molar-refractivity contribution is 0.0911. The summed E-state index contributed by atoms with van der Waals surface area (Å²) in [5.74, 6) is 0.546. The molecule has 0 spiro atoms. The minimum atomic E-state index is -0.0360. The van der Waals surface area contributed by atoms with Crippen LogP contribution >= 0.6 is 0 Å². The Hall–Kier alpha value is -1.16. The van der Waals surface area contributed by atoms with E-state index in [0.29, 0.717) is 18.8 Å². The van der Waals surface area contributed by atoms with E-state index in [0.717, 1.165) is 0 Å². The molecule has 4 heteroatoms. The molecule has 0 saturated heterocycles. The molecule has 0 aliphatic carbocycles. The zero-order valence-electron chi connectivity index (χ0n) is 8.03. The predicted octanol–water partition coefficient (Wildman–Crippen LogP) is 0.588. The van der Waals surface area contributed by atoms with Gasteiger partial charge in [-0.3, -0.25) is 4.79 Å². The van der Waals surface area contributed by atoms with Crippen molar-refractivity contribution in [2.24, 2.45) is 18.7 Å². The first-order chi connectivity index (χ1) is 6.16. The molecule has 0 amide bonds. The van der Waals surface area contributed by atoms with Gasteiger partial charge in [0.2, 0.25) is 5.78 Å². The maximum atomic E-state index is 11.7. The summed E-state index contributed by atoms with van der Waals surface area (Å²) in [5, 5.41) is 0. The third-order valence-electron chi connectivity index (χ3n) is 2.09. The number of nitrogens with two attached hydrogens (primary N) is 1. The second-order valence-corrected chi connectivity index (χ2v) is 3.20. The minimum Gasteiger partial charge on any atom is -0.332 e. The molecule has 0 radical (unpaired) electrons. The molecule has 0 aliphatic rings. The third-order valence-corrected chi connectivity index (χ3v) is 2.09. The molecular weight excluding hydrogens is 166 g/mol. The number of carbonyl (C=O) groups excluding carboxylic acids is 1. The van der Waals surface area contributed by atoms with Gasteiger partial charge in [-0.15, -0.1) is 0 Å². The van der Waals surface area contributed by atoms with Crippen LogP contribution in [0, 0.1) is 5.92 Å². The molecule has 1 aromatic heterocycles. The fourth-order valence-electron chi connectivity index (χ4n) is 1.20. The molecule has 13 heavy (non-hydrogen) atoms. The van der Waals surface area contributed by atoms with Crippen molar-refractivity contribution in [3.05, 3.63) is 18.2 Å². The molecule has 72 valence electrons. The van der Waals surface area contributed by atoms with Crippen LogP contribution in [0.4, 0.5) is 0 Å². The standard InChI is InChI=1S/C9H15N3O/c1-7(3-4-10)8(13)9-11-5-6-12(9)2/h5-7H,3-4,10H2,1-2H3. The summed E-state index contributed by atoms with van der Waals surface area (Å²) in [7, 11) is 1.81. The Morgan fingerprint density at radius 3 is 2.92 bits per heavy atom. The number of hydrogen-bond acceptors (Lipinski definition) is 3. The van der Waals surface area contributed by atoms with E-state index >= 15 is 0 Å². The van der Waals surface area contributed by atoms with E-state index in [9.17, 15) is 4.79 Å². The van der Waals surface area contributed by atoms with Crippen LogP contribution in [-0.4, -0.2) is 21.9 Å². The van der Waals surface area contributed by atoms with Crippen LogP contribution in [0.25, 0.3) is 0 Å². The fourth-order valence-corrected chi connectivity index (χ4v) is 1.20. The van der Waals surface area contributed by atoms with E-state index in [1.807, 2.05) is 14.0 Å². The van der Waals surface area contributed by atoms with Crippen molar-refractivity contribution >= 4 is 5.78 Å². The van der Waals surface area contributed by atoms with Gasteiger partial charge in [0.05, 0.1) is 0 Å². The lowest BCUT2D eigenvalue weighted by atomic mass is 10.0. The largest absolute Gasteiger partial charge is 0.332 e. The summed E-state index contributed by atoms with van der Waals surface area (Å²) >= 11 is 0. The van der Waals surface area contributed by atoms with Crippen molar-refractivity contribution < 1.29 is 4.79 Å². The number of hydrogen-bond donors (Lipinski definition) is 1. The van der Waals surface area contributed by atoms with Crippen LogP contribution in [0.1, 0.15) is 24.0 Å². The minimum absolute atomic E-state index is 0.0360. The average molecular weight is 181 g/mol. The topological polar surface area (TPSA) is 60.9 Å². The lowest BCUT2D eigenvalue weighted by Gasteiger charge is -2.07. The quantitative estimate of drug-likeness (QED) is 0.691. The van der Waals surface area contributed by atoms with Crippen LogP contribution in [0.5, 0.6) is 0 Å². The second kappa shape index (κ2) is 4.18. The SMILES string of the molecule is CC(CCN)C(=O)c1nccn1C. The monoisotopic (exact) mass is 181 g/mol. The van der Waals surface area contributed by atoms with Gasteiger partial charge >= 0.3 is 0 Å². The van der Waals surface area contributed by atoms with Crippen LogP contribution in [0.15, 0.2) is 12.4 Å². The van der Waals surface area contributed by atoms with Gasteiger partial charge in [-0.1, -0.05) is 6.92 Å². The van der Waals surface area contributed by atoms with Crippen molar-refractivity contribution in [2.75, 3.05) is 6.54 Å². The van der Waals surface area contributed by atoms with Crippen molar-refractivity contribution in [3.8, 4) is 0 Å². The van der Waals surface area contributed by atoms with E-state index in [1.54, 1.807) is 17.0 Å². The number of nitrogens with zero attached hydrogens (tertiary/aromatic N) is 2. The molecule has 1 rings (SSSR count). The number of imidazole rings is 1. The van der Waals surface area contributed by atoms with Crippen molar-refractivity contribution in [1.29, 1.82) is 0 Å². The highest BCUT2D eigenvalue weighted by molar-refractivity contribution is 5.94. The molecule has 0 fully saturated rings. The molecule has 0 saturated carbocycles.